The van der Waals surface area contributed by atoms with Crippen LogP contribution in [0.25, 0.3) is 0 Å². The fourth-order valence-electron chi connectivity index (χ4n) is 4.24. The summed E-state index contributed by atoms with van der Waals surface area (Å²) in [5.41, 5.74) is 4.83. The number of nitrogens with zero attached hydrogens (tertiary/aromatic N) is 4. The molecule has 196 valence electrons. The molecular weight excluding hydrogens is 536 g/mol. The third-order valence-electron chi connectivity index (χ3n) is 6.40. The molecule has 1 aliphatic heterocycles. The highest BCUT2D eigenvalue weighted by Gasteiger charge is 2.35. The molecule has 3 aromatic rings. The molecule has 1 aromatic heterocycles. The summed E-state index contributed by atoms with van der Waals surface area (Å²) in [6.07, 6.45) is 0.923. The normalized spacial score (nSPS) is 14.9. The second-order valence-corrected chi connectivity index (χ2v) is 10.4. The van der Waals surface area contributed by atoms with Crippen molar-refractivity contribution in [3.63, 3.8) is 0 Å². The van der Waals surface area contributed by atoms with Crippen molar-refractivity contribution in [1.82, 2.24) is 20.2 Å². The maximum Gasteiger partial charge on any atom is 0.255 e. The van der Waals surface area contributed by atoms with Crippen molar-refractivity contribution in [2.24, 2.45) is 5.92 Å². The van der Waals surface area contributed by atoms with E-state index in [4.69, 9.17) is 9.47 Å². The second kappa shape index (κ2) is 11.3. The van der Waals surface area contributed by atoms with Gasteiger partial charge in [-0.25, -0.2) is 0 Å². The molecule has 0 saturated carbocycles. The number of allylic oxidation sites excluding steroid dienone is 1. The van der Waals surface area contributed by atoms with Gasteiger partial charge in [0.05, 0.1) is 23.3 Å². The van der Waals surface area contributed by atoms with Gasteiger partial charge in [0.2, 0.25) is 5.95 Å². The van der Waals surface area contributed by atoms with Crippen LogP contribution in [-0.2, 0) is 4.79 Å². The number of nitrogens with one attached hydrogen (secondary N) is 2. The van der Waals surface area contributed by atoms with E-state index in [0.29, 0.717) is 47.8 Å². The molecule has 1 aliphatic rings. The van der Waals surface area contributed by atoms with Crippen LogP contribution in [0.5, 0.6) is 11.5 Å². The maximum absolute atomic E-state index is 13.8. The molecule has 1 atom stereocenters. The van der Waals surface area contributed by atoms with Gasteiger partial charge in [0.25, 0.3) is 5.91 Å². The smallest absolute Gasteiger partial charge is 0.255 e. The summed E-state index contributed by atoms with van der Waals surface area (Å²) < 4.78 is 14.4. The van der Waals surface area contributed by atoms with Gasteiger partial charge in [-0.05, 0) is 101 Å². The number of carbonyl (C=O) groups excluding carboxylic acids is 1. The van der Waals surface area contributed by atoms with E-state index in [1.165, 1.54) is 0 Å². The molecule has 2 aromatic carbocycles. The summed E-state index contributed by atoms with van der Waals surface area (Å²) in [7, 11) is 0. The molecule has 10 heteroatoms. The molecule has 2 N–H and O–H groups in total. The molecule has 37 heavy (non-hydrogen) atoms. The zero-order valence-corrected chi connectivity index (χ0v) is 23.6. The number of aryl methyl sites for hydroxylation is 1. The molecule has 0 spiro atoms. The number of amides is 1. The van der Waals surface area contributed by atoms with Crippen molar-refractivity contribution in [3.8, 4) is 11.5 Å². The van der Waals surface area contributed by atoms with E-state index in [-0.39, 0.29) is 5.91 Å². The molecule has 4 rings (SSSR count). The molecule has 0 radical (unpaired) electrons. The van der Waals surface area contributed by atoms with Crippen LogP contribution in [0.1, 0.15) is 56.8 Å². The number of anilines is 2. The average Bonchev–Trinajstić information content (AvgIpc) is 3.30. The van der Waals surface area contributed by atoms with Crippen molar-refractivity contribution in [3.05, 3.63) is 62.8 Å². The quantitative estimate of drug-likeness (QED) is 0.336. The second-order valence-electron chi connectivity index (χ2n) is 9.51. The van der Waals surface area contributed by atoms with Crippen LogP contribution in [0, 0.1) is 19.8 Å². The number of hydrogen-bond acceptors (Lipinski definition) is 7. The number of hydrogen-bond donors (Lipinski definition) is 2. The van der Waals surface area contributed by atoms with Crippen LogP contribution in [0.3, 0.4) is 0 Å². The van der Waals surface area contributed by atoms with E-state index in [9.17, 15) is 4.79 Å². The lowest BCUT2D eigenvalue weighted by molar-refractivity contribution is -0.113. The third-order valence-corrected chi connectivity index (χ3v) is 6.99. The van der Waals surface area contributed by atoms with Gasteiger partial charge in [-0.2, -0.15) is 4.68 Å². The van der Waals surface area contributed by atoms with E-state index in [0.717, 1.165) is 33.3 Å². The monoisotopic (exact) mass is 568 g/mol. The Morgan fingerprint density at radius 2 is 2.00 bits per heavy atom. The Bertz CT molecular complexity index is 1330. The zero-order valence-electron chi connectivity index (χ0n) is 22.1. The Kier molecular flexibility index (Phi) is 8.16. The Morgan fingerprint density at radius 1 is 1.22 bits per heavy atom. The number of benzene rings is 2. The number of carbonyl (C=O) groups is 1. The fraction of sp³-hybridized carbons (Fsp3) is 0.407. The first-order valence-corrected chi connectivity index (χ1v) is 13.2. The number of aromatic nitrogens is 4. The highest BCUT2D eigenvalue weighted by atomic mass is 79.9. The summed E-state index contributed by atoms with van der Waals surface area (Å²) in [4.78, 5) is 13.8. The predicted molar refractivity (Wildman–Crippen MR) is 147 cm³/mol. The van der Waals surface area contributed by atoms with Gasteiger partial charge in [0, 0.05) is 11.4 Å². The maximum atomic E-state index is 13.8. The molecule has 1 unspecified atom stereocenters. The number of halogens is 1. The first kappa shape index (κ1) is 26.7. The average molecular weight is 570 g/mol. The number of fused-ring (bicyclic) bond motifs is 1. The molecule has 1 amide bonds. The van der Waals surface area contributed by atoms with Gasteiger partial charge in [-0.3, -0.25) is 4.79 Å². The summed E-state index contributed by atoms with van der Waals surface area (Å²) >= 11 is 3.68. The zero-order chi connectivity index (χ0) is 26.7. The van der Waals surface area contributed by atoms with Crippen molar-refractivity contribution in [2.45, 2.75) is 54.0 Å². The van der Waals surface area contributed by atoms with Crippen LogP contribution in [0.4, 0.5) is 11.6 Å². The minimum Gasteiger partial charge on any atom is -0.490 e. The lowest BCUT2D eigenvalue weighted by Crippen LogP contribution is -2.31. The Morgan fingerprint density at radius 3 is 2.73 bits per heavy atom. The van der Waals surface area contributed by atoms with Crippen LogP contribution in [-0.4, -0.2) is 39.3 Å². The Hall–Kier alpha value is -3.40. The summed E-state index contributed by atoms with van der Waals surface area (Å²) in [6.45, 7) is 13.1. The van der Waals surface area contributed by atoms with Gasteiger partial charge in [-0.15, -0.1) is 0 Å². The van der Waals surface area contributed by atoms with Gasteiger partial charge >= 0.3 is 0 Å². The van der Waals surface area contributed by atoms with Crippen LogP contribution in [0.15, 0.2) is 46.1 Å². The largest absolute Gasteiger partial charge is 0.490 e. The van der Waals surface area contributed by atoms with E-state index >= 15 is 0 Å². The topological polar surface area (TPSA) is 103 Å². The lowest BCUT2D eigenvalue weighted by Gasteiger charge is -2.29. The van der Waals surface area contributed by atoms with E-state index in [1.807, 2.05) is 58.0 Å². The SMILES string of the molecule is CCOc1cc(C2C(C(=O)Nc3cccc(C)c3C)=C(C)Nc3nnnn32)cc(Br)c1OCCC(C)C. The van der Waals surface area contributed by atoms with Gasteiger partial charge in [0.1, 0.15) is 6.04 Å². The molecular formula is C27H33BrN6O3. The van der Waals surface area contributed by atoms with Crippen LogP contribution < -0.4 is 20.1 Å². The van der Waals surface area contributed by atoms with Crippen molar-refractivity contribution < 1.29 is 14.3 Å². The highest BCUT2D eigenvalue weighted by molar-refractivity contribution is 9.10. The van der Waals surface area contributed by atoms with Crippen molar-refractivity contribution in [2.75, 3.05) is 23.8 Å². The van der Waals surface area contributed by atoms with Crippen molar-refractivity contribution in [1.29, 1.82) is 0 Å². The number of ether oxygens (including phenoxy) is 2. The number of tetrazole rings is 1. The van der Waals surface area contributed by atoms with Gasteiger partial charge in [0.15, 0.2) is 11.5 Å². The first-order chi connectivity index (χ1) is 17.7. The lowest BCUT2D eigenvalue weighted by atomic mass is 9.94. The van der Waals surface area contributed by atoms with E-state index < -0.39 is 6.04 Å². The number of rotatable bonds is 9. The summed E-state index contributed by atoms with van der Waals surface area (Å²) in [5.74, 6) is 1.97. The van der Waals surface area contributed by atoms with E-state index in [2.05, 4.69) is 55.9 Å². The summed E-state index contributed by atoms with van der Waals surface area (Å²) in [6, 6.07) is 9.10. The molecule has 0 saturated heterocycles. The molecule has 0 bridgehead atoms. The van der Waals surface area contributed by atoms with E-state index in [1.54, 1.807) is 4.68 Å². The molecule has 0 fully saturated rings. The molecule has 2 heterocycles. The van der Waals surface area contributed by atoms with Crippen LogP contribution in [0.2, 0.25) is 0 Å². The van der Waals surface area contributed by atoms with Gasteiger partial charge < -0.3 is 20.1 Å². The first-order valence-electron chi connectivity index (χ1n) is 12.4. The molecule has 0 aliphatic carbocycles. The standard InChI is InChI=1S/C27H33BrN6O3/c1-7-36-22-14-19(13-20(28)25(22)37-12-11-15(2)3)24-23(18(6)29-27-31-32-33-34(24)27)26(35)30-21-10-8-9-16(4)17(21)5/h8-10,13-15,24H,7,11-12H2,1-6H3,(H,30,35)(H,29,31,33). The third kappa shape index (κ3) is 5.64. The molecule has 9 nitrogen and oxygen atoms in total. The highest BCUT2D eigenvalue weighted by Crippen LogP contribution is 2.43. The minimum absolute atomic E-state index is 0.240. The van der Waals surface area contributed by atoms with Gasteiger partial charge in [-0.1, -0.05) is 31.1 Å². The Balaban J connectivity index is 1.77. The fourth-order valence-corrected chi connectivity index (χ4v) is 4.81. The Labute approximate surface area is 225 Å². The van der Waals surface area contributed by atoms with Crippen molar-refractivity contribution >= 4 is 33.5 Å². The van der Waals surface area contributed by atoms with Crippen LogP contribution >= 0.6 is 15.9 Å². The predicted octanol–water partition coefficient (Wildman–Crippen LogP) is 5.80. The summed E-state index contributed by atoms with van der Waals surface area (Å²) in [5, 5.41) is 18.4. The minimum atomic E-state index is -0.586.